The third-order valence-corrected chi connectivity index (χ3v) is 6.07. The molecule has 0 heterocycles. The van der Waals surface area contributed by atoms with Gasteiger partial charge in [-0.2, -0.15) is 0 Å². The van der Waals surface area contributed by atoms with E-state index >= 15 is 0 Å². The van der Waals surface area contributed by atoms with Crippen molar-refractivity contribution in [3.8, 4) is 0 Å². The SMILES string of the molecule is CCCCCCCCCCCCCCCCNc1ccc(C(=O)CS(C)=O)cc1. The van der Waals surface area contributed by atoms with Crippen molar-refractivity contribution >= 4 is 22.3 Å². The fourth-order valence-electron chi connectivity index (χ4n) is 3.59. The van der Waals surface area contributed by atoms with Crippen LogP contribution in [0.3, 0.4) is 0 Å². The molecule has 0 fully saturated rings. The molecule has 0 aliphatic heterocycles. The van der Waals surface area contributed by atoms with Crippen LogP contribution in [0.4, 0.5) is 5.69 Å². The predicted octanol–water partition coefficient (Wildman–Crippen LogP) is 7.14. The highest BCUT2D eigenvalue weighted by Crippen LogP contribution is 2.14. The summed E-state index contributed by atoms with van der Waals surface area (Å²) in [5.74, 6) is 0.0515. The summed E-state index contributed by atoms with van der Waals surface area (Å²) >= 11 is 0. The Bertz CT molecular complexity index is 556. The van der Waals surface area contributed by atoms with Crippen molar-refractivity contribution in [2.75, 3.05) is 23.9 Å². The van der Waals surface area contributed by atoms with E-state index in [9.17, 15) is 9.00 Å². The normalized spacial score (nSPS) is 12.1. The molecule has 29 heavy (non-hydrogen) atoms. The van der Waals surface area contributed by atoms with E-state index in [1.165, 1.54) is 89.9 Å². The third-order valence-electron chi connectivity index (χ3n) is 5.40. The topological polar surface area (TPSA) is 46.2 Å². The second-order valence-electron chi connectivity index (χ2n) is 8.24. The van der Waals surface area contributed by atoms with Crippen LogP contribution in [0.1, 0.15) is 107 Å². The van der Waals surface area contributed by atoms with Gasteiger partial charge in [0.1, 0.15) is 0 Å². The summed E-state index contributed by atoms with van der Waals surface area (Å²) in [7, 11) is -1.08. The van der Waals surface area contributed by atoms with Crippen LogP contribution in [0, 0.1) is 0 Å². The van der Waals surface area contributed by atoms with E-state index in [1.807, 2.05) is 24.3 Å². The number of nitrogens with one attached hydrogen (secondary N) is 1. The summed E-state index contributed by atoms with van der Waals surface area (Å²) in [6.07, 6.45) is 20.9. The molecule has 0 aromatic heterocycles. The number of rotatable bonds is 19. The molecular weight excluding hydrogens is 378 g/mol. The van der Waals surface area contributed by atoms with E-state index in [2.05, 4.69) is 12.2 Å². The Balaban J connectivity index is 1.92. The Morgan fingerprint density at radius 1 is 0.759 bits per heavy atom. The first kappa shape index (κ1) is 25.9. The fourth-order valence-corrected chi connectivity index (χ4v) is 4.13. The third kappa shape index (κ3) is 14.5. The first-order valence-corrected chi connectivity index (χ1v) is 13.5. The minimum atomic E-state index is -1.08. The Morgan fingerprint density at radius 2 is 1.21 bits per heavy atom. The van der Waals surface area contributed by atoms with Gasteiger partial charge in [-0.3, -0.25) is 9.00 Å². The number of carbonyl (C=O) groups is 1. The molecule has 1 atom stereocenters. The van der Waals surface area contributed by atoms with Gasteiger partial charge in [0.05, 0.1) is 5.75 Å². The van der Waals surface area contributed by atoms with Gasteiger partial charge in [0.25, 0.3) is 0 Å². The molecule has 1 aromatic rings. The molecule has 1 rings (SSSR count). The summed E-state index contributed by atoms with van der Waals surface area (Å²) in [4.78, 5) is 11.9. The molecule has 0 spiro atoms. The monoisotopic (exact) mass is 421 g/mol. The second kappa shape index (κ2) is 17.7. The first-order chi connectivity index (χ1) is 14.1. The Hall–Kier alpha value is -1.16. The molecule has 0 saturated carbocycles. The van der Waals surface area contributed by atoms with E-state index in [1.54, 1.807) is 6.26 Å². The van der Waals surface area contributed by atoms with E-state index in [4.69, 9.17) is 0 Å². The van der Waals surface area contributed by atoms with Crippen molar-refractivity contribution in [1.29, 1.82) is 0 Å². The van der Waals surface area contributed by atoms with Crippen molar-refractivity contribution in [2.24, 2.45) is 0 Å². The number of benzene rings is 1. The lowest BCUT2D eigenvalue weighted by molar-refractivity contribution is 0.102. The zero-order chi connectivity index (χ0) is 21.2. The van der Waals surface area contributed by atoms with Gasteiger partial charge in [0.15, 0.2) is 5.78 Å². The minimum Gasteiger partial charge on any atom is -0.385 e. The van der Waals surface area contributed by atoms with Gasteiger partial charge < -0.3 is 5.32 Å². The fraction of sp³-hybridized carbons (Fsp3) is 0.720. The van der Waals surface area contributed by atoms with Crippen LogP contribution in [-0.2, 0) is 10.8 Å². The molecule has 0 amide bonds. The molecule has 166 valence electrons. The smallest absolute Gasteiger partial charge is 0.175 e. The molecule has 0 radical (unpaired) electrons. The second-order valence-corrected chi connectivity index (χ2v) is 9.68. The van der Waals surface area contributed by atoms with Gasteiger partial charge in [-0.1, -0.05) is 90.4 Å². The molecule has 1 N–H and O–H groups in total. The van der Waals surface area contributed by atoms with Gasteiger partial charge in [0.2, 0.25) is 0 Å². The van der Waals surface area contributed by atoms with Gasteiger partial charge in [-0.25, -0.2) is 0 Å². The Labute approximate surface area is 181 Å². The van der Waals surface area contributed by atoms with Crippen LogP contribution >= 0.6 is 0 Å². The molecule has 0 aliphatic rings. The molecule has 0 saturated heterocycles. The summed E-state index contributed by atoms with van der Waals surface area (Å²) in [5.41, 5.74) is 1.69. The van der Waals surface area contributed by atoms with Crippen molar-refractivity contribution in [1.82, 2.24) is 0 Å². The van der Waals surface area contributed by atoms with Crippen molar-refractivity contribution < 1.29 is 9.00 Å². The lowest BCUT2D eigenvalue weighted by Gasteiger charge is -2.07. The molecule has 4 heteroatoms. The zero-order valence-corrected chi connectivity index (χ0v) is 19.7. The Kier molecular flexibility index (Phi) is 15.8. The van der Waals surface area contributed by atoms with Gasteiger partial charge in [-0.15, -0.1) is 0 Å². The highest BCUT2D eigenvalue weighted by Gasteiger charge is 2.07. The van der Waals surface area contributed by atoms with Gasteiger partial charge >= 0.3 is 0 Å². The largest absolute Gasteiger partial charge is 0.385 e. The number of carbonyl (C=O) groups excluding carboxylic acids is 1. The van der Waals surface area contributed by atoms with Crippen molar-refractivity contribution in [3.05, 3.63) is 29.8 Å². The summed E-state index contributed by atoms with van der Waals surface area (Å²) in [6, 6.07) is 7.52. The van der Waals surface area contributed by atoms with Gasteiger partial charge in [-0.05, 0) is 30.7 Å². The van der Waals surface area contributed by atoms with Gasteiger partial charge in [0, 0.05) is 34.9 Å². The lowest BCUT2D eigenvalue weighted by Crippen LogP contribution is -2.09. The van der Waals surface area contributed by atoms with Crippen LogP contribution < -0.4 is 5.32 Å². The number of ketones is 1. The maximum absolute atomic E-state index is 11.9. The van der Waals surface area contributed by atoms with E-state index < -0.39 is 10.8 Å². The van der Waals surface area contributed by atoms with E-state index in [0.29, 0.717) is 5.56 Å². The maximum atomic E-state index is 11.9. The van der Waals surface area contributed by atoms with Crippen molar-refractivity contribution in [3.63, 3.8) is 0 Å². The number of unbranched alkanes of at least 4 members (excludes halogenated alkanes) is 13. The van der Waals surface area contributed by atoms with Crippen LogP contribution in [-0.4, -0.2) is 28.5 Å². The maximum Gasteiger partial charge on any atom is 0.175 e. The van der Waals surface area contributed by atoms with Crippen LogP contribution in [0.5, 0.6) is 0 Å². The number of hydrogen-bond acceptors (Lipinski definition) is 3. The quantitative estimate of drug-likeness (QED) is 0.191. The number of anilines is 1. The standard InChI is InChI=1S/C25H43NO2S/c1-3-4-5-6-7-8-9-10-11-12-13-14-15-16-21-26-24-19-17-23(18-20-24)25(27)22-29(2)28/h17-20,26H,3-16,21-22H2,1-2H3. The van der Waals surface area contributed by atoms with Crippen molar-refractivity contribution in [2.45, 2.75) is 96.8 Å². The highest BCUT2D eigenvalue weighted by atomic mass is 32.2. The predicted molar refractivity (Wildman–Crippen MR) is 129 cm³/mol. The van der Waals surface area contributed by atoms with E-state index in [-0.39, 0.29) is 11.5 Å². The van der Waals surface area contributed by atoms with Crippen LogP contribution in [0.25, 0.3) is 0 Å². The van der Waals surface area contributed by atoms with Crippen LogP contribution in [0.2, 0.25) is 0 Å². The zero-order valence-electron chi connectivity index (χ0n) is 18.8. The molecular formula is C25H43NO2S. The minimum absolute atomic E-state index is 0.0515. The molecule has 0 bridgehead atoms. The molecule has 0 aliphatic carbocycles. The molecule has 1 aromatic carbocycles. The average molecular weight is 422 g/mol. The summed E-state index contributed by atoms with van der Waals surface area (Å²) in [6.45, 7) is 3.25. The number of Topliss-reactive ketones (excluding diaryl/α,β-unsaturated/α-hetero) is 1. The average Bonchev–Trinajstić information content (AvgIpc) is 2.71. The summed E-state index contributed by atoms with van der Waals surface area (Å²) < 4.78 is 11.1. The van der Waals surface area contributed by atoms with E-state index in [0.717, 1.165) is 12.2 Å². The van der Waals surface area contributed by atoms with Crippen LogP contribution in [0.15, 0.2) is 24.3 Å². The molecule has 3 nitrogen and oxygen atoms in total. The first-order valence-electron chi connectivity index (χ1n) is 11.8. The number of hydrogen-bond donors (Lipinski definition) is 1. The summed E-state index contributed by atoms with van der Waals surface area (Å²) in [5, 5.41) is 3.42. The molecule has 1 unspecified atom stereocenters. The lowest BCUT2D eigenvalue weighted by atomic mass is 10.0. The highest BCUT2D eigenvalue weighted by molar-refractivity contribution is 7.85. The Morgan fingerprint density at radius 3 is 1.66 bits per heavy atom.